The van der Waals surface area contributed by atoms with E-state index in [-0.39, 0.29) is 5.91 Å². The van der Waals surface area contributed by atoms with Gasteiger partial charge in [0.1, 0.15) is 5.69 Å². The van der Waals surface area contributed by atoms with Crippen LogP contribution in [0.25, 0.3) is 0 Å². The predicted octanol–water partition coefficient (Wildman–Crippen LogP) is 0.998. The molecule has 6 heteroatoms. The average Bonchev–Trinajstić information content (AvgIpc) is 2.38. The van der Waals surface area contributed by atoms with E-state index in [1.165, 1.54) is 7.11 Å². The lowest BCUT2D eigenvalue weighted by molar-refractivity contribution is -0.117. The van der Waals surface area contributed by atoms with Crippen molar-refractivity contribution < 1.29 is 9.53 Å². The molecule has 3 N–H and O–H groups in total. The number of aromatic nitrogens is 1. The second-order valence-corrected chi connectivity index (χ2v) is 4.23. The standard InChI is InChI=1S/C13H20N4O2/c1-5-6-9(14)12(18)16-11-10(17(2)3)7-8-15-13(11)19-4/h5,7-9H,1,6,14H2,2-4H3,(H,16,18). The van der Waals surface area contributed by atoms with Gasteiger partial charge in [-0.15, -0.1) is 6.58 Å². The van der Waals surface area contributed by atoms with Crippen LogP contribution in [0.3, 0.4) is 0 Å². The maximum absolute atomic E-state index is 12.0. The van der Waals surface area contributed by atoms with Crippen LogP contribution in [0, 0.1) is 0 Å². The van der Waals surface area contributed by atoms with Crippen LogP contribution in [-0.2, 0) is 4.79 Å². The van der Waals surface area contributed by atoms with Gasteiger partial charge in [0, 0.05) is 20.3 Å². The Balaban J connectivity index is 3.04. The highest BCUT2D eigenvalue weighted by molar-refractivity contribution is 5.99. The van der Waals surface area contributed by atoms with Gasteiger partial charge in [-0.25, -0.2) is 4.98 Å². The molecule has 6 nitrogen and oxygen atoms in total. The fourth-order valence-corrected chi connectivity index (χ4v) is 1.58. The molecule has 0 radical (unpaired) electrons. The van der Waals surface area contributed by atoms with E-state index in [1.54, 1.807) is 18.3 Å². The summed E-state index contributed by atoms with van der Waals surface area (Å²) in [7, 11) is 5.24. The highest BCUT2D eigenvalue weighted by Crippen LogP contribution is 2.31. The van der Waals surface area contributed by atoms with Crippen molar-refractivity contribution in [1.82, 2.24) is 4.98 Å². The van der Waals surface area contributed by atoms with E-state index in [0.717, 1.165) is 5.69 Å². The Morgan fingerprint density at radius 3 is 2.89 bits per heavy atom. The van der Waals surface area contributed by atoms with Gasteiger partial charge in [-0.05, 0) is 12.5 Å². The first-order valence-electron chi connectivity index (χ1n) is 5.89. The molecule has 1 aromatic rings. The van der Waals surface area contributed by atoms with Crippen LogP contribution in [0.15, 0.2) is 24.9 Å². The van der Waals surface area contributed by atoms with Gasteiger partial charge in [-0.1, -0.05) is 6.08 Å². The van der Waals surface area contributed by atoms with E-state index in [9.17, 15) is 4.79 Å². The van der Waals surface area contributed by atoms with Crippen LogP contribution in [0.5, 0.6) is 5.88 Å². The predicted molar refractivity (Wildman–Crippen MR) is 76.5 cm³/mol. The maximum Gasteiger partial charge on any atom is 0.241 e. The van der Waals surface area contributed by atoms with E-state index in [4.69, 9.17) is 10.5 Å². The SMILES string of the molecule is C=CCC(N)C(=O)Nc1c(N(C)C)ccnc1OC. The Hall–Kier alpha value is -2.08. The summed E-state index contributed by atoms with van der Waals surface area (Å²) in [5.41, 5.74) is 7.05. The number of carbonyl (C=O) groups excluding carboxylic acids is 1. The lowest BCUT2D eigenvalue weighted by Crippen LogP contribution is -2.35. The van der Waals surface area contributed by atoms with Gasteiger partial charge >= 0.3 is 0 Å². The number of hydrogen-bond acceptors (Lipinski definition) is 5. The van der Waals surface area contributed by atoms with Crippen LogP contribution < -0.4 is 20.7 Å². The summed E-state index contributed by atoms with van der Waals surface area (Å²) >= 11 is 0. The van der Waals surface area contributed by atoms with Crippen LogP contribution >= 0.6 is 0 Å². The van der Waals surface area contributed by atoms with Gasteiger partial charge in [0.25, 0.3) is 0 Å². The average molecular weight is 264 g/mol. The van der Waals surface area contributed by atoms with Crippen molar-refractivity contribution in [2.45, 2.75) is 12.5 Å². The molecule has 0 spiro atoms. The number of carbonyl (C=O) groups is 1. The van der Waals surface area contributed by atoms with E-state index in [0.29, 0.717) is 18.0 Å². The number of methoxy groups -OCH3 is 1. The highest BCUT2D eigenvalue weighted by atomic mass is 16.5. The Kier molecular flexibility index (Phi) is 5.32. The van der Waals surface area contributed by atoms with Gasteiger partial charge in [0.2, 0.25) is 11.8 Å². The maximum atomic E-state index is 12.0. The molecule has 1 aromatic heterocycles. The molecule has 1 heterocycles. The third-order valence-corrected chi connectivity index (χ3v) is 2.57. The number of ether oxygens (including phenoxy) is 1. The van der Waals surface area contributed by atoms with E-state index in [1.807, 2.05) is 19.0 Å². The van der Waals surface area contributed by atoms with Crippen molar-refractivity contribution in [3.63, 3.8) is 0 Å². The lowest BCUT2D eigenvalue weighted by Gasteiger charge is -2.20. The summed E-state index contributed by atoms with van der Waals surface area (Å²) in [5.74, 6) is 0.0552. The Morgan fingerprint density at radius 2 is 2.37 bits per heavy atom. The first-order chi connectivity index (χ1) is 9.01. The number of nitrogens with zero attached hydrogens (tertiary/aromatic N) is 2. The molecule has 0 bridgehead atoms. The number of pyridine rings is 1. The molecule has 1 amide bonds. The molecule has 104 valence electrons. The molecule has 0 aromatic carbocycles. The van der Waals surface area contributed by atoms with Gasteiger partial charge in [-0.2, -0.15) is 0 Å². The topological polar surface area (TPSA) is 80.5 Å². The quantitative estimate of drug-likeness (QED) is 0.749. The lowest BCUT2D eigenvalue weighted by atomic mass is 10.2. The van der Waals surface area contributed by atoms with Crippen molar-refractivity contribution in [2.24, 2.45) is 5.73 Å². The number of amides is 1. The molecule has 0 saturated heterocycles. The number of hydrogen-bond donors (Lipinski definition) is 2. The summed E-state index contributed by atoms with van der Waals surface area (Å²) in [5, 5.41) is 2.76. The summed E-state index contributed by atoms with van der Waals surface area (Å²) in [6.45, 7) is 3.56. The Bertz CT molecular complexity index is 460. The molecule has 0 aliphatic carbocycles. The minimum atomic E-state index is -0.641. The molecule has 19 heavy (non-hydrogen) atoms. The zero-order valence-corrected chi connectivity index (χ0v) is 11.5. The van der Waals surface area contributed by atoms with Crippen molar-refractivity contribution >= 4 is 17.3 Å². The summed E-state index contributed by atoms with van der Waals surface area (Å²) < 4.78 is 5.16. The van der Waals surface area contributed by atoms with Crippen molar-refractivity contribution in [3.05, 3.63) is 24.9 Å². The van der Waals surface area contributed by atoms with Crippen LogP contribution in [0.2, 0.25) is 0 Å². The highest BCUT2D eigenvalue weighted by Gasteiger charge is 2.18. The van der Waals surface area contributed by atoms with Crippen LogP contribution in [0.4, 0.5) is 11.4 Å². The van der Waals surface area contributed by atoms with E-state index < -0.39 is 6.04 Å². The third-order valence-electron chi connectivity index (χ3n) is 2.57. The molecule has 0 fully saturated rings. The second kappa shape index (κ2) is 6.75. The normalized spacial score (nSPS) is 11.6. The first kappa shape index (κ1) is 15.0. The fraction of sp³-hybridized carbons (Fsp3) is 0.385. The number of rotatable bonds is 6. The second-order valence-electron chi connectivity index (χ2n) is 4.23. The molecule has 1 rings (SSSR count). The zero-order chi connectivity index (χ0) is 14.4. The molecule has 0 aliphatic rings. The van der Waals surface area contributed by atoms with Gasteiger partial charge in [-0.3, -0.25) is 4.79 Å². The van der Waals surface area contributed by atoms with Gasteiger partial charge in [0.05, 0.1) is 18.8 Å². The summed E-state index contributed by atoms with van der Waals surface area (Å²) in [6.07, 6.45) is 3.64. The molecule has 0 saturated carbocycles. The first-order valence-corrected chi connectivity index (χ1v) is 5.89. The van der Waals surface area contributed by atoms with Crippen molar-refractivity contribution in [1.29, 1.82) is 0 Å². The van der Waals surface area contributed by atoms with Crippen molar-refractivity contribution in [2.75, 3.05) is 31.4 Å². The Labute approximate surface area is 113 Å². The fourth-order valence-electron chi connectivity index (χ4n) is 1.58. The largest absolute Gasteiger partial charge is 0.479 e. The molecular formula is C13H20N4O2. The Morgan fingerprint density at radius 1 is 1.68 bits per heavy atom. The molecule has 1 unspecified atom stereocenters. The minimum absolute atomic E-state index is 0.297. The van der Waals surface area contributed by atoms with Crippen LogP contribution in [0.1, 0.15) is 6.42 Å². The van der Waals surface area contributed by atoms with Crippen LogP contribution in [-0.4, -0.2) is 38.1 Å². The monoisotopic (exact) mass is 264 g/mol. The van der Waals surface area contributed by atoms with Gasteiger partial charge < -0.3 is 20.7 Å². The third kappa shape index (κ3) is 3.69. The minimum Gasteiger partial charge on any atom is -0.479 e. The molecular weight excluding hydrogens is 244 g/mol. The van der Waals surface area contributed by atoms with E-state index >= 15 is 0 Å². The summed E-state index contributed by atoms with van der Waals surface area (Å²) in [4.78, 5) is 17.9. The number of nitrogens with one attached hydrogen (secondary N) is 1. The number of anilines is 2. The smallest absolute Gasteiger partial charge is 0.241 e. The zero-order valence-electron chi connectivity index (χ0n) is 11.5. The van der Waals surface area contributed by atoms with Gasteiger partial charge in [0.15, 0.2) is 0 Å². The van der Waals surface area contributed by atoms with Crippen molar-refractivity contribution in [3.8, 4) is 5.88 Å². The number of nitrogens with two attached hydrogens (primary N) is 1. The molecule has 1 atom stereocenters. The summed E-state index contributed by atoms with van der Waals surface area (Å²) in [6, 6.07) is 1.15. The molecule has 0 aliphatic heterocycles. The van der Waals surface area contributed by atoms with E-state index in [2.05, 4.69) is 16.9 Å².